The lowest BCUT2D eigenvalue weighted by Crippen LogP contribution is -2.22. The van der Waals surface area contributed by atoms with E-state index in [1.165, 1.54) is 12.1 Å². The van der Waals surface area contributed by atoms with Crippen molar-refractivity contribution in [3.8, 4) is 0 Å². The molecule has 0 radical (unpaired) electrons. The molecule has 0 saturated carbocycles. The van der Waals surface area contributed by atoms with Crippen LogP contribution in [0, 0.1) is 11.6 Å². The maximum absolute atomic E-state index is 13.8. The first-order valence-corrected chi connectivity index (χ1v) is 6.13. The van der Waals surface area contributed by atoms with Gasteiger partial charge >= 0.3 is 0 Å². The molecular formula is C12H12BrF2N3. The molecule has 6 heteroatoms. The van der Waals surface area contributed by atoms with Crippen molar-refractivity contribution in [2.75, 3.05) is 7.05 Å². The molecule has 2 aromatic rings. The number of aromatic nitrogens is 2. The Kier molecular flexibility index (Phi) is 3.77. The fourth-order valence-electron chi connectivity index (χ4n) is 1.92. The molecular weight excluding hydrogens is 304 g/mol. The monoisotopic (exact) mass is 315 g/mol. The van der Waals surface area contributed by atoms with Crippen molar-refractivity contribution in [1.29, 1.82) is 0 Å². The van der Waals surface area contributed by atoms with Gasteiger partial charge in [-0.3, -0.25) is 4.68 Å². The lowest BCUT2D eigenvalue weighted by atomic mass is 10.0. The molecule has 0 aliphatic heterocycles. The van der Waals surface area contributed by atoms with E-state index in [9.17, 15) is 8.78 Å². The summed E-state index contributed by atoms with van der Waals surface area (Å²) in [5.74, 6) is -1.17. The Bertz CT molecular complexity index is 549. The third-order valence-electron chi connectivity index (χ3n) is 2.77. The first-order valence-electron chi connectivity index (χ1n) is 5.34. The van der Waals surface area contributed by atoms with Crippen LogP contribution in [0.25, 0.3) is 0 Å². The minimum atomic E-state index is -0.588. The van der Waals surface area contributed by atoms with Gasteiger partial charge in [-0.25, -0.2) is 8.78 Å². The van der Waals surface area contributed by atoms with Crippen LogP contribution in [0.1, 0.15) is 17.3 Å². The molecule has 1 N–H and O–H groups in total. The number of hydrogen-bond acceptors (Lipinski definition) is 2. The minimum Gasteiger partial charge on any atom is -0.308 e. The Morgan fingerprint density at radius 3 is 2.61 bits per heavy atom. The standard InChI is InChI=1S/C12H12BrF2N3/c1-16-11(12-9(13)6-17-18(12)2)8-4-3-7(14)5-10(8)15/h3-6,11,16H,1-2H3. The quantitative estimate of drug-likeness (QED) is 0.944. The molecule has 18 heavy (non-hydrogen) atoms. The van der Waals surface area contributed by atoms with Gasteiger partial charge in [-0.05, 0) is 29.0 Å². The Morgan fingerprint density at radius 1 is 1.39 bits per heavy atom. The maximum atomic E-state index is 13.8. The van der Waals surface area contributed by atoms with E-state index in [4.69, 9.17) is 0 Å². The number of benzene rings is 1. The van der Waals surface area contributed by atoms with Crippen LogP contribution in [-0.4, -0.2) is 16.8 Å². The summed E-state index contributed by atoms with van der Waals surface area (Å²) in [5.41, 5.74) is 1.16. The summed E-state index contributed by atoms with van der Waals surface area (Å²) in [6, 6.07) is 3.16. The van der Waals surface area contributed by atoms with Crippen LogP contribution < -0.4 is 5.32 Å². The minimum absolute atomic E-state index is 0.378. The second kappa shape index (κ2) is 5.16. The molecule has 0 amide bonds. The molecule has 1 aromatic carbocycles. The molecule has 0 fully saturated rings. The molecule has 3 nitrogen and oxygen atoms in total. The van der Waals surface area contributed by atoms with Gasteiger partial charge in [-0.1, -0.05) is 6.07 Å². The highest BCUT2D eigenvalue weighted by atomic mass is 79.9. The molecule has 1 heterocycles. The van der Waals surface area contributed by atoms with Gasteiger partial charge in [0.15, 0.2) is 0 Å². The van der Waals surface area contributed by atoms with Gasteiger partial charge in [0.25, 0.3) is 0 Å². The molecule has 1 atom stereocenters. The number of halogens is 3. The third kappa shape index (κ3) is 2.30. The summed E-state index contributed by atoms with van der Waals surface area (Å²) in [4.78, 5) is 0. The Hall–Kier alpha value is -1.27. The highest BCUT2D eigenvalue weighted by Crippen LogP contribution is 2.29. The largest absolute Gasteiger partial charge is 0.308 e. The maximum Gasteiger partial charge on any atom is 0.131 e. The molecule has 0 spiro atoms. The highest BCUT2D eigenvalue weighted by Gasteiger charge is 2.22. The summed E-state index contributed by atoms with van der Waals surface area (Å²) in [6.07, 6.45) is 1.64. The number of nitrogens with zero attached hydrogens (tertiary/aromatic N) is 2. The van der Waals surface area contributed by atoms with Gasteiger partial charge in [-0.15, -0.1) is 0 Å². The topological polar surface area (TPSA) is 29.9 Å². The van der Waals surface area contributed by atoms with E-state index in [0.717, 1.165) is 16.2 Å². The van der Waals surface area contributed by atoms with E-state index in [2.05, 4.69) is 26.3 Å². The van der Waals surface area contributed by atoms with Crippen molar-refractivity contribution in [3.05, 3.63) is 51.8 Å². The van der Waals surface area contributed by atoms with Gasteiger partial charge in [0.05, 0.1) is 22.4 Å². The van der Waals surface area contributed by atoms with Crippen LogP contribution in [0.15, 0.2) is 28.9 Å². The average molecular weight is 316 g/mol. The van der Waals surface area contributed by atoms with Crippen LogP contribution in [0.4, 0.5) is 8.78 Å². The summed E-state index contributed by atoms with van der Waals surface area (Å²) in [7, 11) is 3.48. The van der Waals surface area contributed by atoms with Crippen LogP contribution in [0.5, 0.6) is 0 Å². The van der Waals surface area contributed by atoms with Gasteiger partial charge in [0.1, 0.15) is 11.6 Å². The van der Waals surface area contributed by atoms with Crippen molar-refractivity contribution < 1.29 is 8.78 Å². The van der Waals surface area contributed by atoms with E-state index in [1.54, 1.807) is 25.0 Å². The summed E-state index contributed by atoms with van der Waals surface area (Å²) >= 11 is 3.38. The normalized spacial score (nSPS) is 12.7. The van der Waals surface area contributed by atoms with Crippen molar-refractivity contribution in [2.24, 2.45) is 7.05 Å². The third-order valence-corrected chi connectivity index (χ3v) is 3.38. The van der Waals surface area contributed by atoms with E-state index in [1.807, 2.05) is 0 Å². The molecule has 0 bridgehead atoms. The predicted molar refractivity (Wildman–Crippen MR) is 68.2 cm³/mol. The molecule has 2 rings (SSSR count). The SMILES string of the molecule is CNC(c1ccc(F)cc1F)c1c(Br)cnn1C. The molecule has 1 aromatic heterocycles. The fourth-order valence-corrected chi connectivity index (χ4v) is 2.50. The van der Waals surface area contributed by atoms with Crippen molar-refractivity contribution >= 4 is 15.9 Å². The zero-order valence-corrected chi connectivity index (χ0v) is 11.5. The second-order valence-electron chi connectivity index (χ2n) is 3.89. The van der Waals surface area contributed by atoms with Gasteiger partial charge in [0.2, 0.25) is 0 Å². The Balaban J connectivity index is 2.52. The molecule has 96 valence electrons. The number of hydrogen-bond donors (Lipinski definition) is 1. The van der Waals surface area contributed by atoms with E-state index in [-0.39, 0.29) is 0 Å². The highest BCUT2D eigenvalue weighted by molar-refractivity contribution is 9.10. The van der Waals surface area contributed by atoms with Crippen LogP contribution in [0.2, 0.25) is 0 Å². The van der Waals surface area contributed by atoms with E-state index < -0.39 is 17.7 Å². The van der Waals surface area contributed by atoms with E-state index in [0.29, 0.717) is 5.56 Å². The number of nitrogens with one attached hydrogen (secondary N) is 1. The number of rotatable bonds is 3. The Morgan fingerprint density at radius 2 is 2.11 bits per heavy atom. The summed E-state index contributed by atoms with van der Waals surface area (Å²) in [6.45, 7) is 0. The molecule has 0 saturated heterocycles. The number of aryl methyl sites for hydroxylation is 1. The molecule has 1 unspecified atom stereocenters. The summed E-state index contributed by atoms with van der Waals surface area (Å²) < 4.78 is 29.2. The van der Waals surface area contributed by atoms with Crippen LogP contribution >= 0.6 is 15.9 Å². The predicted octanol–water partition coefficient (Wildman–Crippen LogP) is 2.77. The fraction of sp³-hybridized carbons (Fsp3) is 0.250. The van der Waals surface area contributed by atoms with Crippen LogP contribution in [-0.2, 0) is 7.05 Å². The molecule has 0 aliphatic carbocycles. The van der Waals surface area contributed by atoms with Gasteiger partial charge in [-0.2, -0.15) is 5.10 Å². The lowest BCUT2D eigenvalue weighted by molar-refractivity contribution is 0.535. The first kappa shape index (κ1) is 13.2. The zero-order valence-electron chi connectivity index (χ0n) is 9.92. The van der Waals surface area contributed by atoms with Crippen LogP contribution in [0.3, 0.4) is 0 Å². The van der Waals surface area contributed by atoms with Crippen molar-refractivity contribution in [1.82, 2.24) is 15.1 Å². The lowest BCUT2D eigenvalue weighted by Gasteiger charge is -2.18. The smallest absolute Gasteiger partial charge is 0.131 e. The van der Waals surface area contributed by atoms with Gasteiger partial charge < -0.3 is 5.32 Å². The zero-order chi connectivity index (χ0) is 13.3. The molecule has 0 aliphatic rings. The van der Waals surface area contributed by atoms with Crippen molar-refractivity contribution in [2.45, 2.75) is 6.04 Å². The van der Waals surface area contributed by atoms with Crippen molar-refractivity contribution in [3.63, 3.8) is 0 Å². The summed E-state index contributed by atoms with van der Waals surface area (Å²) in [5, 5.41) is 7.10. The average Bonchev–Trinajstić information content (AvgIpc) is 2.64. The second-order valence-corrected chi connectivity index (χ2v) is 4.74. The van der Waals surface area contributed by atoms with E-state index >= 15 is 0 Å². The Labute approximate surface area is 112 Å². The van der Waals surface area contributed by atoms with Gasteiger partial charge in [0, 0.05) is 18.7 Å². The first-order chi connectivity index (χ1) is 8.54.